The molecular formula is C43H43N3O5. The molecule has 0 bridgehead atoms. The molecule has 51 heavy (non-hydrogen) atoms. The second kappa shape index (κ2) is 17.8. The third kappa shape index (κ3) is 9.64. The monoisotopic (exact) mass is 681 g/mol. The van der Waals surface area contributed by atoms with Crippen LogP contribution in [0.2, 0.25) is 0 Å². The number of hydrogen-bond acceptors (Lipinski definition) is 7. The van der Waals surface area contributed by atoms with E-state index in [2.05, 4.69) is 58.8 Å². The summed E-state index contributed by atoms with van der Waals surface area (Å²) in [6.07, 6.45) is -0.481. The maximum atomic E-state index is 6.98. The SMILES string of the molecule is c1ccc(COCC2O[C@@H](Cn3cc(-c4ccccc4)nn3)C(OCc3ccccc3)C(OCc3ccccc3)[C@@H]2OCc2ccccc2)cc1. The minimum Gasteiger partial charge on any atom is -0.374 e. The van der Waals surface area contributed by atoms with Crippen LogP contribution in [0.4, 0.5) is 0 Å². The van der Waals surface area contributed by atoms with Crippen molar-refractivity contribution >= 4 is 0 Å². The molecule has 0 radical (unpaired) electrons. The standard InChI is InChI=1S/C43H43N3O5/c1-6-16-33(17-7-1)28-47-32-40-42(49-30-35-20-10-3-11-21-35)43(50-31-36-22-12-4-13-23-36)41(48-29-34-18-8-2-9-19-34)39(51-40)27-46-26-38(44-45-46)37-24-14-5-15-25-37/h1-26,39-43H,27-32H2/t39-,40?,41?,42+,43?/m0/s1. The number of ether oxygens (including phenoxy) is 5. The Kier molecular flexibility index (Phi) is 12.0. The van der Waals surface area contributed by atoms with Gasteiger partial charge in [-0.15, -0.1) is 5.10 Å². The second-order valence-corrected chi connectivity index (χ2v) is 12.7. The van der Waals surface area contributed by atoms with E-state index < -0.39 is 30.5 Å². The first-order valence-corrected chi connectivity index (χ1v) is 17.5. The smallest absolute Gasteiger partial charge is 0.115 e. The van der Waals surface area contributed by atoms with Gasteiger partial charge in [0.15, 0.2) is 0 Å². The van der Waals surface area contributed by atoms with Crippen LogP contribution in [0.1, 0.15) is 22.3 Å². The molecule has 1 aliphatic heterocycles. The van der Waals surface area contributed by atoms with Crippen molar-refractivity contribution in [1.82, 2.24) is 15.0 Å². The highest BCUT2D eigenvalue weighted by Crippen LogP contribution is 2.32. The molecule has 1 fully saturated rings. The molecule has 8 nitrogen and oxygen atoms in total. The minimum absolute atomic E-state index is 0.300. The van der Waals surface area contributed by atoms with E-state index >= 15 is 0 Å². The Morgan fingerprint density at radius 2 is 0.922 bits per heavy atom. The second-order valence-electron chi connectivity index (χ2n) is 12.7. The van der Waals surface area contributed by atoms with Crippen molar-refractivity contribution in [3.8, 4) is 11.3 Å². The zero-order chi connectivity index (χ0) is 34.5. The number of aromatic nitrogens is 3. The maximum Gasteiger partial charge on any atom is 0.115 e. The molecule has 1 saturated heterocycles. The molecule has 7 rings (SSSR count). The van der Waals surface area contributed by atoms with E-state index in [0.29, 0.717) is 39.6 Å². The van der Waals surface area contributed by atoms with E-state index in [-0.39, 0.29) is 0 Å². The maximum absolute atomic E-state index is 6.98. The lowest BCUT2D eigenvalue weighted by molar-refractivity contribution is -0.275. The van der Waals surface area contributed by atoms with Gasteiger partial charge in [-0.3, -0.25) is 0 Å². The van der Waals surface area contributed by atoms with Crippen molar-refractivity contribution in [2.24, 2.45) is 0 Å². The number of rotatable bonds is 16. The third-order valence-electron chi connectivity index (χ3n) is 8.95. The highest BCUT2D eigenvalue weighted by Gasteiger charge is 2.48. The first kappa shape index (κ1) is 34.5. The van der Waals surface area contributed by atoms with Crippen molar-refractivity contribution < 1.29 is 23.7 Å². The minimum atomic E-state index is -0.510. The van der Waals surface area contributed by atoms with Crippen LogP contribution < -0.4 is 0 Å². The topological polar surface area (TPSA) is 76.9 Å². The van der Waals surface area contributed by atoms with E-state index in [9.17, 15) is 0 Å². The van der Waals surface area contributed by atoms with Crippen molar-refractivity contribution in [2.45, 2.75) is 63.5 Å². The summed E-state index contributed by atoms with van der Waals surface area (Å²) < 4.78 is 35.6. The van der Waals surface area contributed by atoms with E-state index in [1.54, 1.807) is 0 Å². The summed E-state index contributed by atoms with van der Waals surface area (Å²) in [5, 5.41) is 8.99. The van der Waals surface area contributed by atoms with E-state index in [1.807, 2.05) is 114 Å². The Morgan fingerprint density at radius 3 is 1.43 bits per heavy atom. The van der Waals surface area contributed by atoms with Gasteiger partial charge in [0.1, 0.15) is 36.2 Å². The summed E-state index contributed by atoms with van der Waals surface area (Å²) in [4.78, 5) is 0. The molecular weight excluding hydrogens is 638 g/mol. The van der Waals surface area contributed by atoms with Gasteiger partial charge in [-0.2, -0.15) is 0 Å². The average Bonchev–Trinajstić information content (AvgIpc) is 3.67. The summed E-state index contributed by atoms with van der Waals surface area (Å²) in [7, 11) is 0. The Hall–Kier alpha value is -4.96. The zero-order valence-electron chi connectivity index (χ0n) is 28.5. The molecule has 1 aromatic heterocycles. The van der Waals surface area contributed by atoms with Crippen molar-refractivity contribution in [1.29, 1.82) is 0 Å². The Balaban J connectivity index is 1.21. The molecule has 6 aromatic rings. The van der Waals surface area contributed by atoms with E-state index in [4.69, 9.17) is 23.7 Å². The van der Waals surface area contributed by atoms with Crippen LogP contribution in [0.5, 0.6) is 0 Å². The Morgan fingerprint density at radius 1 is 0.490 bits per heavy atom. The summed E-state index contributed by atoms with van der Waals surface area (Å²) >= 11 is 0. The normalized spacial score (nSPS) is 20.3. The molecule has 1 aliphatic rings. The molecule has 0 amide bonds. The lowest BCUT2D eigenvalue weighted by Crippen LogP contribution is -2.62. The fraction of sp³-hybridized carbons (Fsp3) is 0.256. The number of hydrogen-bond donors (Lipinski definition) is 0. The lowest BCUT2D eigenvalue weighted by atomic mass is 9.93. The Labute approximate surface area is 299 Å². The molecule has 5 aromatic carbocycles. The zero-order valence-corrected chi connectivity index (χ0v) is 28.5. The van der Waals surface area contributed by atoms with Crippen molar-refractivity contribution in [3.63, 3.8) is 0 Å². The van der Waals surface area contributed by atoms with Gasteiger partial charge in [0.05, 0.1) is 45.8 Å². The van der Waals surface area contributed by atoms with Crippen LogP contribution >= 0.6 is 0 Å². The predicted molar refractivity (Wildman–Crippen MR) is 195 cm³/mol. The molecule has 5 atom stereocenters. The Bertz CT molecular complexity index is 1860. The third-order valence-corrected chi connectivity index (χ3v) is 8.95. The summed E-state index contributed by atoms with van der Waals surface area (Å²) in [6.45, 7) is 2.29. The van der Waals surface area contributed by atoms with Crippen LogP contribution in [0.15, 0.2) is 158 Å². The van der Waals surface area contributed by atoms with Gasteiger partial charge in [0.2, 0.25) is 0 Å². The predicted octanol–water partition coefficient (Wildman–Crippen LogP) is 7.69. The summed E-state index contributed by atoms with van der Waals surface area (Å²) in [5.41, 5.74) is 6.05. The highest BCUT2D eigenvalue weighted by molar-refractivity contribution is 5.57. The fourth-order valence-corrected chi connectivity index (χ4v) is 6.34. The van der Waals surface area contributed by atoms with Gasteiger partial charge in [0, 0.05) is 5.56 Å². The molecule has 0 saturated carbocycles. The van der Waals surface area contributed by atoms with Gasteiger partial charge in [-0.1, -0.05) is 157 Å². The van der Waals surface area contributed by atoms with E-state index in [1.165, 1.54) is 0 Å². The van der Waals surface area contributed by atoms with Crippen LogP contribution in [0.25, 0.3) is 11.3 Å². The van der Waals surface area contributed by atoms with Gasteiger partial charge in [-0.25, -0.2) is 4.68 Å². The lowest BCUT2D eigenvalue weighted by Gasteiger charge is -2.46. The van der Waals surface area contributed by atoms with Gasteiger partial charge >= 0.3 is 0 Å². The molecule has 0 aliphatic carbocycles. The quantitative estimate of drug-likeness (QED) is 0.104. The fourth-order valence-electron chi connectivity index (χ4n) is 6.34. The molecule has 0 spiro atoms. The van der Waals surface area contributed by atoms with Crippen LogP contribution in [-0.2, 0) is 56.7 Å². The number of benzene rings is 5. The first-order valence-electron chi connectivity index (χ1n) is 17.5. The van der Waals surface area contributed by atoms with Crippen LogP contribution in [0, 0.1) is 0 Å². The van der Waals surface area contributed by atoms with Gasteiger partial charge < -0.3 is 23.7 Å². The summed E-state index contributed by atoms with van der Waals surface area (Å²) in [5.74, 6) is 0. The number of nitrogens with zero attached hydrogens (tertiary/aromatic N) is 3. The van der Waals surface area contributed by atoms with Crippen molar-refractivity contribution in [2.75, 3.05) is 6.61 Å². The van der Waals surface area contributed by atoms with Crippen LogP contribution in [-0.4, -0.2) is 52.1 Å². The average molecular weight is 682 g/mol. The van der Waals surface area contributed by atoms with E-state index in [0.717, 1.165) is 33.5 Å². The molecule has 2 heterocycles. The van der Waals surface area contributed by atoms with Gasteiger partial charge in [0.25, 0.3) is 0 Å². The summed E-state index contributed by atoms with van der Waals surface area (Å²) in [6, 6.07) is 50.7. The molecule has 3 unspecified atom stereocenters. The van der Waals surface area contributed by atoms with Crippen molar-refractivity contribution in [3.05, 3.63) is 180 Å². The largest absolute Gasteiger partial charge is 0.374 e. The first-order chi connectivity index (χ1) is 25.3. The van der Waals surface area contributed by atoms with Gasteiger partial charge in [-0.05, 0) is 22.3 Å². The van der Waals surface area contributed by atoms with Crippen LogP contribution in [0.3, 0.4) is 0 Å². The molecule has 260 valence electrons. The highest BCUT2D eigenvalue weighted by atomic mass is 16.6. The molecule has 8 heteroatoms. The molecule has 0 N–H and O–H groups in total.